The molecule has 0 aliphatic heterocycles. The Morgan fingerprint density at radius 2 is 2.09 bits per heavy atom. The first-order valence-corrected chi connectivity index (χ1v) is 8.50. The summed E-state index contributed by atoms with van der Waals surface area (Å²) in [6.45, 7) is 3.83. The summed E-state index contributed by atoms with van der Waals surface area (Å²) in [7, 11) is 3.88. The zero-order valence-corrected chi connectivity index (χ0v) is 14.4. The van der Waals surface area contributed by atoms with Crippen LogP contribution in [0, 0.1) is 0 Å². The van der Waals surface area contributed by atoms with Gasteiger partial charge in [0.15, 0.2) is 5.96 Å². The number of nitrogens with zero attached hydrogens (tertiary/aromatic N) is 3. The number of rotatable bonds is 6. The predicted molar refractivity (Wildman–Crippen MR) is 94.5 cm³/mol. The van der Waals surface area contributed by atoms with Crippen LogP contribution in [0.15, 0.2) is 40.7 Å². The lowest BCUT2D eigenvalue weighted by atomic mass is 10.2. The molecule has 1 heterocycles. The van der Waals surface area contributed by atoms with Gasteiger partial charge in [0, 0.05) is 39.0 Å². The van der Waals surface area contributed by atoms with Gasteiger partial charge < -0.3 is 10.2 Å². The highest BCUT2D eigenvalue weighted by atomic mass is 32.1. The fourth-order valence-corrected chi connectivity index (χ4v) is 3.02. The molecule has 0 aliphatic rings. The highest BCUT2D eigenvalue weighted by Gasteiger charge is 2.07. The smallest absolute Gasteiger partial charge is 0.193 e. The Kier molecular flexibility index (Phi) is 6.40. The summed E-state index contributed by atoms with van der Waals surface area (Å²) in [5.41, 5.74) is 2.44. The molecule has 0 spiro atoms. The Balaban J connectivity index is 1.81. The molecule has 0 atom stereocenters. The van der Waals surface area contributed by atoms with E-state index in [2.05, 4.69) is 63.8 Å². The standard InChI is InChI=1S/C17H24N4S/c1-4-16-20-15(13-22-16)10-11-19-17(18-2)21(3)12-14-8-6-5-7-9-14/h5-9,13H,4,10-12H2,1-3H3,(H,18,19). The molecule has 0 saturated carbocycles. The van der Waals surface area contributed by atoms with Crippen molar-refractivity contribution in [3.05, 3.63) is 52.0 Å². The number of thiazole rings is 1. The van der Waals surface area contributed by atoms with Crippen molar-refractivity contribution in [2.75, 3.05) is 20.6 Å². The van der Waals surface area contributed by atoms with E-state index in [1.807, 2.05) is 13.1 Å². The van der Waals surface area contributed by atoms with E-state index >= 15 is 0 Å². The molecule has 118 valence electrons. The van der Waals surface area contributed by atoms with Crippen LogP contribution in [0.2, 0.25) is 0 Å². The van der Waals surface area contributed by atoms with E-state index in [1.165, 1.54) is 10.6 Å². The minimum absolute atomic E-state index is 0.844. The topological polar surface area (TPSA) is 40.5 Å². The third kappa shape index (κ3) is 4.84. The second kappa shape index (κ2) is 8.54. The zero-order chi connectivity index (χ0) is 15.8. The van der Waals surface area contributed by atoms with Crippen LogP contribution in [0.25, 0.3) is 0 Å². The molecule has 2 rings (SSSR count). The van der Waals surface area contributed by atoms with Crippen LogP contribution in [0.5, 0.6) is 0 Å². The van der Waals surface area contributed by atoms with E-state index in [0.717, 1.165) is 37.6 Å². The van der Waals surface area contributed by atoms with E-state index in [0.29, 0.717) is 0 Å². The summed E-state index contributed by atoms with van der Waals surface area (Å²) in [5, 5.41) is 6.76. The minimum Gasteiger partial charge on any atom is -0.356 e. The number of nitrogens with one attached hydrogen (secondary N) is 1. The number of aryl methyl sites for hydroxylation is 1. The molecule has 1 aromatic heterocycles. The third-order valence-electron chi connectivity index (χ3n) is 3.40. The molecule has 1 aromatic carbocycles. The molecule has 22 heavy (non-hydrogen) atoms. The molecular formula is C17H24N4S. The first kappa shape index (κ1) is 16.5. The van der Waals surface area contributed by atoms with Crippen LogP contribution in [-0.2, 0) is 19.4 Å². The summed E-state index contributed by atoms with van der Waals surface area (Å²) >= 11 is 1.74. The molecule has 0 fully saturated rings. The highest BCUT2D eigenvalue weighted by Crippen LogP contribution is 2.10. The average molecular weight is 316 g/mol. The van der Waals surface area contributed by atoms with Gasteiger partial charge in [0.05, 0.1) is 10.7 Å². The molecule has 0 unspecified atom stereocenters. The van der Waals surface area contributed by atoms with E-state index < -0.39 is 0 Å². The van der Waals surface area contributed by atoms with E-state index in [9.17, 15) is 0 Å². The number of aromatic nitrogens is 1. The number of hydrogen-bond donors (Lipinski definition) is 1. The van der Waals surface area contributed by atoms with Gasteiger partial charge in [0.2, 0.25) is 0 Å². The van der Waals surface area contributed by atoms with Crippen molar-refractivity contribution < 1.29 is 0 Å². The molecule has 2 aromatic rings. The van der Waals surface area contributed by atoms with Crippen molar-refractivity contribution in [3.8, 4) is 0 Å². The van der Waals surface area contributed by atoms with Gasteiger partial charge in [-0.15, -0.1) is 11.3 Å². The van der Waals surface area contributed by atoms with E-state index in [1.54, 1.807) is 11.3 Å². The lowest BCUT2D eigenvalue weighted by Gasteiger charge is -2.22. The quantitative estimate of drug-likeness (QED) is 0.658. The van der Waals surface area contributed by atoms with Gasteiger partial charge in [-0.05, 0) is 12.0 Å². The van der Waals surface area contributed by atoms with Crippen LogP contribution in [0.4, 0.5) is 0 Å². The lowest BCUT2D eigenvalue weighted by molar-refractivity contribution is 0.477. The van der Waals surface area contributed by atoms with Crippen LogP contribution in [-0.4, -0.2) is 36.5 Å². The summed E-state index contributed by atoms with van der Waals surface area (Å²) in [6, 6.07) is 10.4. The van der Waals surface area contributed by atoms with Crippen LogP contribution in [0.1, 0.15) is 23.2 Å². The molecule has 5 heteroatoms. The summed E-state index contributed by atoms with van der Waals surface area (Å²) in [4.78, 5) is 11.1. The van der Waals surface area contributed by atoms with Crippen molar-refractivity contribution in [3.63, 3.8) is 0 Å². The van der Waals surface area contributed by atoms with Crippen molar-refractivity contribution in [1.29, 1.82) is 0 Å². The SMILES string of the molecule is CCc1nc(CCNC(=NC)N(C)Cc2ccccc2)cs1. The van der Waals surface area contributed by atoms with Gasteiger partial charge in [0.25, 0.3) is 0 Å². The Morgan fingerprint density at radius 3 is 2.73 bits per heavy atom. The average Bonchev–Trinajstić information content (AvgIpc) is 3.00. The summed E-state index contributed by atoms with van der Waals surface area (Å²) in [6.07, 6.45) is 1.94. The number of hydrogen-bond acceptors (Lipinski definition) is 3. The molecule has 1 N–H and O–H groups in total. The van der Waals surface area contributed by atoms with Crippen molar-refractivity contribution in [2.45, 2.75) is 26.3 Å². The normalized spacial score (nSPS) is 11.5. The summed E-state index contributed by atoms with van der Waals surface area (Å²) < 4.78 is 0. The maximum Gasteiger partial charge on any atom is 0.193 e. The van der Waals surface area contributed by atoms with Crippen molar-refractivity contribution in [2.24, 2.45) is 4.99 Å². The van der Waals surface area contributed by atoms with Gasteiger partial charge in [-0.3, -0.25) is 4.99 Å². The Labute approximate surface area is 136 Å². The molecule has 4 nitrogen and oxygen atoms in total. The zero-order valence-electron chi connectivity index (χ0n) is 13.5. The number of guanidine groups is 1. The summed E-state index contributed by atoms with van der Waals surface area (Å²) in [5.74, 6) is 0.912. The van der Waals surface area contributed by atoms with Crippen LogP contribution >= 0.6 is 11.3 Å². The molecule has 0 saturated heterocycles. The number of benzene rings is 1. The molecular weight excluding hydrogens is 292 g/mol. The van der Waals surface area contributed by atoms with Gasteiger partial charge >= 0.3 is 0 Å². The van der Waals surface area contributed by atoms with Crippen LogP contribution in [0.3, 0.4) is 0 Å². The first-order chi connectivity index (χ1) is 10.7. The Bertz CT molecular complexity index is 592. The molecule has 0 radical (unpaired) electrons. The predicted octanol–water partition coefficient (Wildman–Crippen LogP) is 2.96. The molecule has 0 bridgehead atoms. The molecule has 0 amide bonds. The molecule has 0 aliphatic carbocycles. The van der Waals surface area contributed by atoms with Crippen molar-refractivity contribution >= 4 is 17.3 Å². The monoisotopic (exact) mass is 316 g/mol. The van der Waals surface area contributed by atoms with Gasteiger partial charge in [0.1, 0.15) is 0 Å². The minimum atomic E-state index is 0.844. The fourth-order valence-electron chi connectivity index (χ4n) is 2.25. The van der Waals surface area contributed by atoms with Crippen molar-refractivity contribution in [1.82, 2.24) is 15.2 Å². The van der Waals surface area contributed by atoms with Gasteiger partial charge in [-0.1, -0.05) is 37.3 Å². The Hall–Kier alpha value is -1.88. The van der Waals surface area contributed by atoms with E-state index in [-0.39, 0.29) is 0 Å². The highest BCUT2D eigenvalue weighted by molar-refractivity contribution is 7.09. The van der Waals surface area contributed by atoms with Gasteiger partial charge in [-0.2, -0.15) is 0 Å². The number of aliphatic imine (C=N–C) groups is 1. The third-order valence-corrected chi connectivity index (χ3v) is 4.44. The Morgan fingerprint density at radius 1 is 1.32 bits per heavy atom. The van der Waals surface area contributed by atoms with Gasteiger partial charge in [-0.25, -0.2) is 4.98 Å². The maximum absolute atomic E-state index is 4.59. The fraction of sp³-hybridized carbons (Fsp3) is 0.412. The second-order valence-electron chi connectivity index (χ2n) is 5.15. The van der Waals surface area contributed by atoms with E-state index in [4.69, 9.17) is 0 Å². The van der Waals surface area contributed by atoms with Crippen LogP contribution < -0.4 is 5.32 Å². The second-order valence-corrected chi connectivity index (χ2v) is 6.09. The largest absolute Gasteiger partial charge is 0.356 e. The maximum atomic E-state index is 4.59. The lowest BCUT2D eigenvalue weighted by Crippen LogP contribution is -2.39. The first-order valence-electron chi connectivity index (χ1n) is 7.62.